The van der Waals surface area contributed by atoms with Crippen molar-refractivity contribution in [1.82, 2.24) is 14.9 Å². The van der Waals surface area contributed by atoms with Gasteiger partial charge in [-0.25, -0.2) is 9.78 Å². The van der Waals surface area contributed by atoms with Crippen molar-refractivity contribution in [3.05, 3.63) is 41.0 Å². The van der Waals surface area contributed by atoms with Crippen LogP contribution in [0, 0.1) is 6.92 Å². The van der Waals surface area contributed by atoms with Crippen LogP contribution < -0.4 is 10.2 Å². The van der Waals surface area contributed by atoms with E-state index >= 15 is 0 Å². The van der Waals surface area contributed by atoms with E-state index < -0.39 is 5.60 Å². The number of aryl methyl sites for hydroxylation is 1. The average molecular weight is 404 g/mol. The number of piperazine rings is 1. The molecule has 1 aromatic carbocycles. The van der Waals surface area contributed by atoms with Crippen molar-refractivity contribution >= 4 is 35.1 Å². The molecule has 0 saturated carbocycles. The summed E-state index contributed by atoms with van der Waals surface area (Å²) in [7, 11) is 0. The van der Waals surface area contributed by atoms with Crippen LogP contribution in [0.3, 0.4) is 0 Å². The summed E-state index contributed by atoms with van der Waals surface area (Å²) >= 11 is 6.21. The average Bonchev–Trinajstić information content (AvgIpc) is 2.62. The molecule has 1 N–H and O–H groups in total. The summed E-state index contributed by atoms with van der Waals surface area (Å²) in [5.41, 5.74) is 1.62. The van der Waals surface area contributed by atoms with Crippen LogP contribution >= 0.6 is 11.6 Å². The number of aromatic nitrogens is 2. The highest BCUT2D eigenvalue weighted by Crippen LogP contribution is 2.22. The molecule has 0 spiro atoms. The number of benzene rings is 1. The molecule has 1 aliphatic heterocycles. The largest absolute Gasteiger partial charge is 0.444 e. The van der Waals surface area contributed by atoms with Gasteiger partial charge >= 0.3 is 6.09 Å². The standard InChI is InChI=1S/C20H26ClN5O2/c1-14-5-7-15(8-6-14)22-17-13-16(21)23-18(24-17)25-9-11-26(12-10-25)19(27)28-20(2,3)4/h5-8,13H,9-12H2,1-4H3,(H,22,23,24). The van der Waals surface area contributed by atoms with E-state index in [1.807, 2.05) is 56.9 Å². The van der Waals surface area contributed by atoms with E-state index in [1.165, 1.54) is 5.56 Å². The SMILES string of the molecule is Cc1ccc(Nc2cc(Cl)nc(N3CCN(C(=O)OC(C)(C)C)CC3)n2)cc1. The number of rotatable bonds is 3. The zero-order valence-electron chi connectivity index (χ0n) is 16.7. The van der Waals surface area contributed by atoms with Gasteiger partial charge in [-0.05, 0) is 39.8 Å². The van der Waals surface area contributed by atoms with E-state index in [0.717, 1.165) is 5.69 Å². The number of nitrogens with zero attached hydrogens (tertiary/aromatic N) is 4. The summed E-state index contributed by atoms with van der Waals surface area (Å²) in [6, 6.07) is 9.74. The molecule has 1 fully saturated rings. The van der Waals surface area contributed by atoms with Crippen LogP contribution in [0.4, 0.5) is 22.2 Å². The van der Waals surface area contributed by atoms with Crippen molar-refractivity contribution in [3.63, 3.8) is 0 Å². The monoisotopic (exact) mass is 403 g/mol. The Hall–Kier alpha value is -2.54. The summed E-state index contributed by atoms with van der Waals surface area (Å²) in [6.07, 6.45) is -0.291. The van der Waals surface area contributed by atoms with Gasteiger partial charge in [-0.1, -0.05) is 29.3 Å². The van der Waals surface area contributed by atoms with Crippen molar-refractivity contribution in [2.45, 2.75) is 33.3 Å². The van der Waals surface area contributed by atoms with E-state index in [2.05, 4.69) is 15.3 Å². The third-order valence-corrected chi connectivity index (χ3v) is 4.41. The van der Waals surface area contributed by atoms with E-state index in [1.54, 1.807) is 11.0 Å². The van der Waals surface area contributed by atoms with Crippen LogP contribution in [0.25, 0.3) is 0 Å². The van der Waals surface area contributed by atoms with Crippen molar-refractivity contribution in [2.75, 3.05) is 36.4 Å². The van der Waals surface area contributed by atoms with Crippen LogP contribution in [0.1, 0.15) is 26.3 Å². The number of carbonyl (C=O) groups excluding carboxylic acids is 1. The quantitative estimate of drug-likeness (QED) is 0.773. The number of amides is 1. The lowest BCUT2D eigenvalue weighted by atomic mass is 10.2. The molecule has 7 nitrogen and oxygen atoms in total. The second-order valence-electron chi connectivity index (χ2n) is 7.82. The van der Waals surface area contributed by atoms with Gasteiger partial charge in [-0.3, -0.25) is 0 Å². The highest BCUT2D eigenvalue weighted by molar-refractivity contribution is 6.29. The smallest absolute Gasteiger partial charge is 0.410 e. The molecule has 0 bridgehead atoms. The maximum absolute atomic E-state index is 12.2. The van der Waals surface area contributed by atoms with Crippen LogP contribution in [-0.2, 0) is 4.74 Å². The maximum Gasteiger partial charge on any atom is 0.410 e. The van der Waals surface area contributed by atoms with E-state index in [4.69, 9.17) is 16.3 Å². The molecular formula is C20H26ClN5O2. The van der Waals surface area contributed by atoms with Gasteiger partial charge in [0, 0.05) is 37.9 Å². The Bertz CT molecular complexity index is 827. The Morgan fingerprint density at radius 2 is 1.75 bits per heavy atom. The summed E-state index contributed by atoms with van der Waals surface area (Å²) in [6.45, 7) is 9.96. The van der Waals surface area contributed by atoms with E-state index in [0.29, 0.717) is 43.1 Å². The van der Waals surface area contributed by atoms with Crippen LogP contribution in [0.15, 0.2) is 30.3 Å². The summed E-state index contributed by atoms with van der Waals surface area (Å²) in [5.74, 6) is 1.18. The molecular weight excluding hydrogens is 378 g/mol. The molecule has 3 rings (SSSR count). The van der Waals surface area contributed by atoms with Crippen molar-refractivity contribution < 1.29 is 9.53 Å². The third kappa shape index (κ3) is 5.48. The predicted molar refractivity (Wildman–Crippen MR) is 112 cm³/mol. The fourth-order valence-corrected chi connectivity index (χ4v) is 2.99. The molecule has 1 aliphatic rings. The lowest BCUT2D eigenvalue weighted by molar-refractivity contribution is 0.0240. The molecule has 0 aliphatic carbocycles. The first-order chi connectivity index (χ1) is 13.2. The Morgan fingerprint density at radius 3 is 2.36 bits per heavy atom. The number of ether oxygens (including phenoxy) is 1. The van der Waals surface area contributed by atoms with Crippen molar-refractivity contribution in [2.24, 2.45) is 0 Å². The predicted octanol–water partition coefficient (Wildman–Crippen LogP) is 4.24. The van der Waals surface area contributed by atoms with Gasteiger partial charge in [0.1, 0.15) is 16.6 Å². The normalized spacial score (nSPS) is 14.8. The molecule has 2 heterocycles. The van der Waals surface area contributed by atoms with Gasteiger partial charge in [0.15, 0.2) is 0 Å². The zero-order chi connectivity index (χ0) is 20.3. The highest BCUT2D eigenvalue weighted by Gasteiger charge is 2.27. The van der Waals surface area contributed by atoms with E-state index in [-0.39, 0.29) is 6.09 Å². The van der Waals surface area contributed by atoms with Gasteiger partial charge in [0.05, 0.1) is 0 Å². The first-order valence-electron chi connectivity index (χ1n) is 9.31. The summed E-state index contributed by atoms with van der Waals surface area (Å²) in [4.78, 5) is 24.9. The number of nitrogens with one attached hydrogen (secondary N) is 1. The first-order valence-corrected chi connectivity index (χ1v) is 9.68. The Kier molecular flexibility index (Phi) is 5.93. The Balaban J connectivity index is 1.65. The Morgan fingerprint density at radius 1 is 1.11 bits per heavy atom. The number of halogens is 1. The van der Waals surface area contributed by atoms with Gasteiger partial charge in [-0.2, -0.15) is 4.98 Å². The minimum atomic E-state index is -0.499. The Labute approximate surface area is 170 Å². The van der Waals surface area contributed by atoms with E-state index in [9.17, 15) is 4.79 Å². The minimum Gasteiger partial charge on any atom is -0.444 e. The number of carbonyl (C=O) groups is 1. The van der Waals surface area contributed by atoms with Gasteiger partial charge < -0.3 is 19.9 Å². The van der Waals surface area contributed by atoms with Crippen molar-refractivity contribution in [3.8, 4) is 0 Å². The summed E-state index contributed by atoms with van der Waals surface area (Å²) < 4.78 is 5.44. The second-order valence-corrected chi connectivity index (χ2v) is 8.21. The zero-order valence-corrected chi connectivity index (χ0v) is 17.5. The maximum atomic E-state index is 12.2. The lowest BCUT2D eigenvalue weighted by Gasteiger charge is -2.35. The number of hydrogen-bond acceptors (Lipinski definition) is 6. The molecule has 28 heavy (non-hydrogen) atoms. The van der Waals surface area contributed by atoms with Crippen LogP contribution in [-0.4, -0.2) is 52.7 Å². The van der Waals surface area contributed by atoms with Crippen molar-refractivity contribution in [1.29, 1.82) is 0 Å². The highest BCUT2D eigenvalue weighted by atomic mass is 35.5. The minimum absolute atomic E-state index is 0.291. The molecule has 0 radical (unpaired) electrons. The molecule has 0 unspecified atom stereocenters. The molecule has 2 aromatic rings. The topological polar surface area (TPSA) is 70.6 Å². The third-order valence-electron chi connectivity index (χ3n) is 4.22. The molecule has 1 aromatic heterocycles. The van der Waals surface area contributed by atoms with Gasteiger partial charge in [0.25, 0.3) is 0 Å². The molecule has 0 atom stereocenters. The number of anilines is 3. The lowest BCUT2D eigenvalue weighted by Crippen LogP contribution is -2.50. The van der Waals surface area contributed by atoms with Gasteiger partial charge in [0.2, 0.25) is 5.95 Å². The van der Waals surface area contributed by atoms with Crippen LogP contribution in [0.5, 0.6) is 0 Å². The number of hydrogen-bond donors (Lipinski definition) is 1. The fourth-order valence-electron chi connectivity index (χ4n) is 2.81. The fraction of sp³-hybridized carbons (Fsp3) is 0.450. The first kappa shape index (κ1) is 20.2. The molecule has 1 amide bonds. The molecule has 8 heteroatoms. The molecule has 150 valence electrons. The second kappa shape index (κ2) is 8.22. The molecule has 1 saturated heterocycles. The van der Waals surface area contributed by atoms with Crippen LogP contribution in [0.2, 0.25) is 5.15 Å². The van der Waals surface area contributed by atoms with Gasteiger partial charge in [-0.15, -0.1) is 0 Å². The summed E-state index contributed by atoms with van der Waals surface area (Å²) in [5, 5.41) is 3.63.